The Labute approximate surface area is 105 Å². The zero-order valence-corrected chi connectivity index (χ0v) is 10.7. The second kappa shape index (κ2) is 5.63. The number of aromatic nitrogens is 4. The average Bonchev–Trinajstić information content (AvgIpc) is 2.84. The van der Waals surface area contributed by atoms with Gasteiger partial charge in [0.2, 0.25) is 11.8 Å². The van der Waals surface area contributed by atoms with Gasteiger partial charge in [0.1, 0.15) is 11.5 Å². The second-order valence-corrected chi connectivity index (χ2v) is 3.82. The van der Waals surface area contributed by atoms with Gasteiger partial charge in [0.25, 0.3) is 0 Å². The largest absolute Gasteiger partial charge is 0.472 e. The zero-order chi connectivity index (χ0) is 13.0. The van der Waals surface area contributed by atoms with Crippen molar-refractivity contribution in [2.75, 3.05) is 25.6 Å². The van der Waals surface area contributed by atoms with E-state index >= 15 is 0 Å². The van der Waals surface area contributed by atoms with Crippen molar-refractivity contribution in [1.29, 1.82) is 0 Å². The molecule has 0 bridgehead atoms. The molecule has 0 saturated heterocycles. The SMILES string of the molecule is CCOCC(C)Oc1nc(NC)nc2[nH]ncc12. The van der Waals surface area contributed by atoms with Crippen LogP contribution in [0.2, 0.25) is 0 Å². The van der Waals surface area contributed by atoms with E-state index in [-0.39, 0.29) is 6.10 Å². The number of nitrogens with one attached hydrogen (secondary N) is 2. The van der Waals surface area contributed by atoms with Gasteiger partial charge in [-0.3, -0.25) is 5.10 Å². The second-order valence-electron chi connectivity index (χ2n) is 3.82. The summed E-state index contributed by atoms with van der Waals surface area (Å²) in [6.45, 7) is 5.07. The predicted molar refractivity (Wildman–Crippen MR) is 67.8 cm³/mol. The number of nitrogens with zero attached hydrogens (tertiary/aromatic N) is 3. The molecule has 0 amide bonds. The van der Waals surface area contributed by atoms with E-state index in [0.29, 0.717) is 30.7 Å². The zero-order valence-electron chi connectivity index (χ0n) is 10.7. The number of H-pyrrole nitrogens is 1. The van der Waals surface area contributed by atoms with Crippen molar-refractivity contribution in [2.45, 2.75) is 20.0 Å². The maximum atomic E-state index is 5.75. The third-order valence-corrected chi connectivity index (χ3v) is 2.37. The van der Waals surface area contributed by atoms with Crippen LogP contribution in [0.5, 0.6) is 5.88 Å². The standard InChI is InChI=1S/C11H17N5O2/c1-4-17-6-7(2)18-10-8-5-13-16-9(8)14-11(12-3)15-10/h5,7H,4,6H2,1-3H3,(H2,12,13,14,15,16). The average molecular weight is 251 g/mol. The van der Waals surface area contributed by atoms with Crippen LogP contribution in [0.1, 0.15) is 13.8 Å². The molecule has 2 aromatic rings. The van der Waals surface area contributed by atoms with Gasteiger partial charge in [0, 0.05) is 13.7 Å². The van der Waals surface area contributed by atoms with Crippen molar-refractivity contribution in [3.8, 4) is 5.88 Å². The molecule has 7 heteroatoms. The highest BCUT2D eigenvalue weighted by Crippen LogP contribution is 2.22. The topological polar surface area (TPSA) is 85.0 Å². The van der Waals surface area contributed by atoms with Crippen LogP contribution < -0.4 is 10.1 Å². The highest BCUT2D eigenvalue weighted by molar-refractivity contribution is 5.80. The third kappa shape index (κ3) is 2.67. The van der Waals surface area contributed by atoms with E-state index in [2.05, 4.69) is 25.5 Å². The first-order valence-electron chi connectivity index (χ1n) is 5.87. The van der Waals surface area contributed by atoms with E-state index in [1.807, 2.05) is 13.8 Å². The number of hydrogen-bond donors (Lipinski definition) is 2. The summed E-state index contributed by atoms with van der Waals surface area (Å²) in [7, 11) is 1.75. The van der Waals surface area contributed by atoms with Crippen molar-refractivity contribution in [3.63, 3.8) is 0 Å². The van der Waals surface area contributed by atoms with Gasteiger partial charge in [0.15, 0.2) is 5.65 Å². The highest BCUT2D eigenvalue weighted by atomic mass is 16.5. The molecule has 1 unspecified atom stereocenters. The molecule has 2 aromatic heterocycles. The Morgan fingerprint density at radius 2 is 2.28 bits per heavy atom. The Bertz CT molecular complexity index is 513. The van der Waals surface area contributed by atoms with E-state index in [0.717, 1.165) is 5.39 Å². The summed E-state index contributed by atoms with van der Waals surface area (Å²) in [6.07, 6.45) is 1.57. The summed E-state index contributed by atoms with van der Waals surface area (Å²) in [5.74, 6) is 0.996. The van der Waals surface area contributed by atoms with Gasteiger partial charge in [-0.15, -0.1) is 0 Å². The van der Waals surface area contributed by atoms with Gasteiger partial charge < -0.3 is 14.8 Å². The summed E-state index contributed by atoms with van der Waals surface area (Å²) in [4.78, 5) is 8.51. The van der Waals surface area contributed by atoms with Crippen LogP contribution in [0.4, 0.5) is 5.95 Å². The predicted octanol–water partition coefficient (Wildman–Crippen LogP) is 1.20. The van der Waals surface area contributed by atoms with Crippen LogP contribution in [-0.4, -0.2) is 46.5 Å². The van der Waals surface area contributed by atoms with Gasteiger partial charge in [-0.25, -0.2) is 0 Å². The van der Waals surface area contributed by atoms with Gasteiger partial charge in [0.05, 0.1) is 12.8 Å². The molecule has 0 aliphatic heterocycles. The molecule has 18 heavy (non-hydrogen) atoms. The summed E-state index contributed by atoms with van der Waals surface area (Å²) >= 11 is 0. The fraction of sp³-hybridized carbons (Fsp3) is 0.545. The molecule has 7 nitrogen and oxygen atoms in total. The Morgan fingerprint density at radius 3 is 3.00 bits per heavy atom. The molecule has 0 aliphatic carbocycles. The first-order valence-corrected chi connectivity index (χ1v) is 5.87. The Balaban J connectivity index is 2.22. The van der Waals surface area contributed by atoms with Crippen molar-refractivity contribution < 1.29 is 9.47 Å². The normalized spacial score (nSPS) is 12.6. The summed E-state index contributed by atoms with van der Waals surface area (Å²) in [6, 6.07) is 0. The minimum absolute atomic E-state index is 0.0809. The van der Waals surface area contributed by atoms with E-state index in [1.54, 1.807) is 13.2 Å². The number of aromatic amines is 1. The van der Waals surface area contributed by atoms with Crippen molar-refractivity contribution in [3.05, 3.63) is 6.20 Å². The molecule has 0 fully saturated rings. The Hall–Kier alpha value is -1.89. The van der Waals surface area contributed by atoms with Gasteiger partial charge in [-0.1, -0.05) is 0 Å². The molecule has 0 spiro atoms. The molecule has 98 valence electrons. The molecule has 0 saturated carbocycles. The number of fused-ring (bicyclic) bond motifs is 1. The van der Waals surface area contributed by atoms with Crippen LogP contribution in [-0.2, 0) is 4.74 Å². The van der Waals surface area contributed by atoms with Crippen LogP contribution in [0, 0.1) is 0 Å². The quantitative estimate of drug-likeness (QED) is 0.802. The van der Waals surface area contributed by atoms with E-state index in [9.17, 15) is 0 Å². The van der Waals surface area contributed by atoms with Crippen LogP contribution in [0.3, 0.4) is 0 Å². The lowest BCUT2D eigenvalue weighted by Crippen LogP contribution is -2.20. The number of ether oxygens (including phenoxy) is 2. The van der Waals surface area contributed by atoms with E-state index < -0.39 is 0 Å². The maximum absolute atomic E-state index is 5.75. The molecule has 0 radical (unpaired) electrons. The Morgan fingerprint density at radius 1 is 1.44 bits per heavy atom. The van der Waals surface area contributed by atoms with Crippen LogP contribution >= 0.6 is 0 Å². The molecule has 2 heterocycles. The molecular weight excluding hydrogens is 234 g/mol. The van der Waals surface area contributed by atoms with Crippen LogP contribution in [0.15, 0.2) is 6.20 Å². The fourth-order valence-corrected chi connectivity index (χ4v) is 1.52. The third-order valence-electron chi connectivity index (χ3n) is 2.37. The molecule has 2 N–H and O–H groups in total. The van der Waals surface area contributed by atoms with E-state index in [4.69, 9.17) is 9.47 Å². The number of hydrogen-bond acceptors (Lipinski definition) is 6. The van der Waals surface area contributed by atoms with Gasteiger partial charge in [-0.05, 0) is 13.8 Å². The summed E-state index contributed by atoms with van der Waals surface area (Å²) < 4.78 is 11.1. The number of rotatable bonds is 6. The monoisotopic (exact) mass is 251 g/mol. The van der Waals surface area contributed by atoms with E-state index in [1.165, 1.54) is 0 Å². The maximum Gasteiger partial charge on any atom is 0.229 e. The molecule has 2 rings (SSSR count). The first-order chi connectivity index (χ1) is 8.74. The molecule has 0 aromatic carbocycles. The number of anilines is 1. The fourth-order valence-electron chi connectivity index (χ4n) is 1.52. The minimum atomic E-state index is -0.0809. The van der Waals surface area contributed by atoms with Gasteiger partial charge in [-0.2, -0.15) is 15.1 Å². The molecule has 1 atom stereocenters. The Kier molecular flexibility index (Phi) is 3.93. The van der Waals surface area contributed by atoms with Crippen molar-refractivity contribution >= 4 is 17.0 Å². The minimum Gasteiger partial charge on any atom is -0.472 e. The molecule has 0 aliphatic rings. The van der Waals surface area contributed by atoms with Crippen LogP contribution in [0.25, 0.3) is 11.0 Å². The lowest BCUT2D eigenvalue weighted by atomic mass is 10.4. The first kappa shape index (κ1) is 12.6. The lowest BCUT2D eigenvalue weighted by Gasteiger charge is -2.14. The summed E-state index contributed by atoms with van der Waals surface area (Å²) in [5.41, 5.74) is 0.646. The van der Waals surface area contributed by atoms with Crippen molar-refractivity contribution in [1.82, 2.24) is 20.2 Å². The van der Waals surface area contributed by atoms with Crippen molar-refractivity contribution in [2.24, 2.45) is 0 Å². The van der Waals surface area contributed by atoms with Gasteiger partial charge >= 0.3 is 0 Å². The molecular formula is C11H17N5O2. The smallest absolute Gasteiger partial charge is 0.229 e. The summed E-state index contributed by atoms with van der Waals surface area (Å²) in [5, 5.41) is 10.4. The highest BCUT2D eigenvalue weighted by Gasteiger charge is 2.13. The lowest BCUT2D eigenvalue weighted by molar-refractivity contribution is 0.0642.